The van der Waals surface area contributed by atoms with Crippen LogP contribution in [0.5, 0.6) is 0 Å². The molecular formula is C14H23N. The van der Waals surface area contributed by atoms with E-state index in [1.165, 1.54) is 43.4 Å². The molecular weight excluding hydrogens is 182 g/mol. The van der Waals surface area contributed by atoms with E-state index in [4.69, 9.17) is 0 Å². The zero-order valence-corrected chi connectivity index (χ0v) is 10.3. The minimum Gasteiger partial charge on any atom is -0.261 e. The molecule has 1 fully saturated rings. The molecule has 1 aliphatic carbocycles. The molecule has 1 heteroatoms. The summed E-state index contributed by atoms with van der Waals surface area (Å²) >= 11 is 0. The molecule has 0 aliphatic heterocycles. The Labute approximate surface area is 93.9 Å². The zero-order valence-electron chi connectivity index (χ0n) is 10.3. The summed E-state index contributed by atoms with van der Waals surface area (Å²) in [6.07, 6.45) is 8.87. The van der Waals surface area contributed by atoms with E-state index in [0.717, 1.165) is 5.92 Å². The first kappa shape index (κ1) is 12.2. The van der Waals surface area contributed by atoms with Gasteiger partial charge in [-0.25, -0.2) is 0 Å². The Balaban J connectivity index is 0.000000531. The topological polar surface area (TPSA) is 12.9 Å². The number of hydrogen-bond donors (Lipinski definition) is 0. The van der Waals surface area contributed by atoms with Crippen molar-refractivity contribution >= 4 is 0 Å². The summed E-state index contributed by atoms with van der Waals surface area (Å²) in [4.78, 5) is 4.50. The van der Waals surface area contributed by atoms with Crippen molar-refractivity contribution in [3.63, 3.8) is 0 Å². The summed E-state index contributed by atoms with van der Waals surface area (Å²) in [5.41, 5.74) is 2.57. The first-order valence-electron chi connectivity index (χ1n) is 6.29. The van der Waals surface area contributed by atoms with Crippen molar-refractivity contribution in [1.82, 2.24) is 4.98 Å². The third-order valence-corrected chi connectivity index (χ3v) is 2.96. The van der Waals surface area contributed by atoms with Gasteiger partial charge in [-0.05, 0) is 31.4 Å². The number of rotatable bonds is 1. The lowest BCUT2D eigenvalue weighted by Crippen LogP contribution is -2.06. The second-order valence-electron chi connectivity index (χ2n) is 4.10. The third-order valence-electron chi connectivity index (χ3n) is 2.96. The Hall–Kier alpha value is -0.850. The van der Waals surface area contributed by atoms with Crippen LogP contribution >= 0.6 is 0 Å². The predicted molar refractivity (Wildman–Crippen MR) is 66.1 cm³/mol. The smallest absolute Gasteiger partial charge is 0.0434 e. The van der Waals surface area contributed by atoms with Crippen LogP contribution in [0.15, 0.2) is 18.3 Å². The van der Waals surface area contributed by atoms with E-state index in [2.05, 4.69) is 24.0 Å². The molecule has 0 unspecified atom stereocenters. The number of aromatic nitrogens is 1. The standard InChI is InChI=1S/C12H17N.C2H6/c1-10-7-8-12(13-9-10)11-5-3-2-4-6-11;1-2/h7-9,11H,2-6H2,1H3;1-2H3. The van der Waals surface area contributed by atoms with Crippen molar-refractivity contribution in [2.75, 3.05) is 0 Å². The highest BCUT2D eigenvalue weighted by Gasteiger charge is 2.15. The molecule has 0 saturated heterocycles. The summed E-state index contributed by atoms with van der Waals surface area (Å²) < 4.78 is 0. The Bertz CT molecular complexity index is 257. The lowest BCUT2D eigenvalue weighted by Gasteiger charge is -2.20. The van der Waals surface area contributed by atoms with Crippen molar-refractivity contribution in [2.24, 2.45) is 0 Å². The quantitative estimate of drug-likeness (QED) is 0.659. The first-order valence-corrected chi connectivity index (χ1v) is 6.29. The number of pyridine rings is 1. The number of nitrogens with zero attached hydrogens (tertiary/aromatic N) is 1. The molecule has 0 bridgehead atoms. The van der Waals surface area contributed by atoms with Crippen LogP contribution in [0.25, 0.3) is 0 Å². The molecule has 15 heavy (non-hydrogen) atoms. The molecule has 2 rings (SSSR count). The van der Waals surface area contributed by atoms with Crippen molar-refractivity contribution in [2.45, 2.75) is 58.8 Å². The van der Waals surface area contributed by atoms with Gasteiger partial charge in [-0.1, -0.05) is 39.2 Å². The van der Waals surface area contributed by atoms with Crippen molar-refractivity contribution in [3.8, 4) is 0 Å². The maximum atomic E-state index is 4.50. The van der Waals surface area contributed by atoms with Gasteiger partial charge in [-0.3, -0.25) is 4.98 Å². The van der Waals surface area contributed by atoms with Gasteiger partial charge in [0.2, 0.25) is 0 Å². The minimum atomic E-state index is 0.745. The molecule has 1 saturated carbocycles. The van der Waals surface area contributed by atoms with Crippen LogP contribution in [-0.4, -0.2) is 4.98 Å². The van der Waals surface area contributed by atoms with Crippen LogP contribution in [0.1, 0.15) is 63.1 Å². The summed E-state index contributed by atoms with van der Waals surface area (Å²) in [5, 5.41) is 0. The van der Waals surface area contributed by atoms with Gasteiger partial charge in [0.05, 0.1) is 0 Å². The fourth-order valence-corrected chi connectivity index (χ4v) is 2.12. The van der Waals surface area contributed by atoms with Gasteiger partial charge in [0, 0.05) is 17.8 Å². The van der Waals surface area contributed by atoms with Crippen molar-refractivity contribution < 1.29 is 0 Å². The second-order valence-corrected chi connectivity index (χ2v) is 4.10. The summed E-state index contributed by atoms with van der Waals surface area (Å²) in [7, 11) is 0. The van der Waals surface area contributed by atoms with Gasteiger partial charge in [-0.15, -0.1) is 0 Å². The highest BCUT2D eigenvalue weighted by Crippen LogP contribution is 2.31. The SMILES string of the molecule is CC.Cc1ccc(C2CCCCC2)nc1. The molecule has 1 aliphatic rings. The zero-order chi connectivity index (χ0) is 11.1. The van der Waals surface area contributed by atoms with Crippen molar-refractivity contribution in [3.05, 3.63) is 29.6 Å². The lowest BCUT2D eigenvalue weighted by atomic mass is 9.86. The maximum Gasteiger partial charge on any atom is 0.0434 e. The molecule has 0 radical (unpaired) electrons. The van der Waals surface area contributed by atoms with E-state index >= 15 is 0 Å². The van der Waals surface area contributed by atoms with Crippen LogP contribution in [0.3, 0.4) is 0 Å². The van der Waals surface area contributed by atoms with Gasteiger partial charge in [0.15, 0.2) is 0 Å². The molecule has 1 nitrogen and oxygen atoms in total. The van der Waals surface area contributed by atoms with E-state index < -0.39 is 0 Å². The average Bonchev–Trinajstić information content (AvgIpc) is 2.34. The van der Waals surface area contributed by atoms with E-state index in [-0.39, 0.29) is 0 Å². The Morgan fingerprint density at radius 1 is 1.07 bits per heavy atom. The Morgan fingerprint density at radius 3 is 2.27 bits per heavy atom. The normalized spacial score (nSPS) is 16.7. The predicted octanol–water partition coefficient (Wildman–Crippen LogP) is 4.46. The van der Waals surface area contributed by atoms with Gasteiger partial charge in [0.1, 0.15) is 0 Å². The molecule has 0 spiro atoms. The fourth-order valence-electron chi connectivity index (χ4n) is 2.12. The van der Waals surface area contributed by atoms with Gasteiger partial charge in [-0.2, -0.15) is 0 Å². The highest BCUT2D eigenvalue weighted by atomic mass is 14.7. The average molecular weight is 205 g/mol. The Kier molecular flexibility index (Phi) is 5.38. The summed E-state index contributed by atoms with van der Waals surface area (Å²) in [5.74, 6) is 0.745. The van der Waals surface area contributed by atoms with Gasteiger partial charge in [0.25, 0.3) is 0 Å². The second kappa shape index (κ2) is 6.60. The number of aryl methyl sites for hydroxylation is 1. The molecule has 0 atom stereocenters. The van der Waals surface area contributed by atoms with Crippen LogP contribution in [0.4, 0.5) is 0 Å². The number of hydrogen-bond acceptors (Lipinski definition) is 1. The lowest BCUT2D eigenvalue weighted by molar-refractivity contribution is 0.436. The third kappa shape index (κ3) is 3.65. The highest BCUT2D eigenvalue weighted by molar-refractivity contribution is 5.15. The van der Waals surface area contributed by atoms with Crippen LogP contribution < -0.4 is 0 Å². The molecule has 1 aromatic rings. The monoisotopic (exact) mass is 205 g/mol. The molecule has 0 aromatic carbocycles. The molecule has 0 N–H and O–H groups in total. The van der Waals surface area contributed by atoms with E-state index in [0.29, 0.717) is 0 Å². The van der Waals surface area contributed by atoms with Crippen molar-refractivity contribution in [1.29, 1.82) is 0 Å². The maximum absolute atomic E-state index is 4.50. The molecule has 1 aromatic heterocycles. The van der Waals surface area contributed by atoms with Crippen LogP contribution in [0.2, 0.25) is 0 Å². The molecule has 1 heterocycles. The van der Waals surface area contributed by atoms with Gasteiger partial charge >= 0.3 is 0 Å². The summed E-state index contributed by atoms with van der Waals surface area (Å²) in [6, 6.07) is 4.38. The van der Waals surface area contributed by atoms with E-state index in [1.807, 2.05) is 20.0 Å². The van der Waals surface area contributed by atoms with E-state index in [9.17, 15) is 0 Å². The molecule has 84 valence electrons. The largest absolute Gasteiger partial charge is 0.261 e. The minimum absolute atomic E-state index is 0.745. The Morgan fingerprint density at radius 2 is 1.73 bits per heavy atom. The van der Waals surface area contributed by atoms with Crippen LogP contribution in [-0.2, 0) is 0 Å². The molecule has 0 amide bonds. The van der Waals surface area contributed by atoms with E-state index in [1.54, 1.807) is 0 Å². The van der Waals surface area contributed by atoms with Gasteiger partial charge < -0.3 is 0 Å². The first-order chi connectivity index (χ1) is 7.36. The summed E-state index contributed by atoms with van der Waals surface area (Å²) in [6.45, 7) is 6.09. The van der Waals surface area contributed by atoms with Crippen LogP contribution in [0, 0.1) is 6.92 Å². The fraction of sp³-hybridized carbons (Fsp3) is 0.643.